The van der Waals surface area contributed by atoms with Crippen LogP contribution in [0.5, 0.6) is 0 Å². The first-order chi connectivity index (χ1) is 7.93. The van der Waals surface area contributed by atoms with Gasteiger partial charge in [0.15, 0.2) is 0 Å². The molecule has 0 spiro atoms. The third-order valence-corrected chi connectivity index (χ3v) is 3.75. The highest BCUT2D eigenvalue weighted by molar-refractivity contribution is 9.11. The number of amides is 1. The molecule has 1 aromatic heterocycles. The van der Waals surface area contributed by atoms with Gasteiger partial charge in [-0.15, -0.1) is 11.3 Å². The standard InChI is InChI=1S/C12H16BrNO2S/c1-12(2,8-15)7-14-11(16)6-4-9-3-5-10(13)17-9/h3-6,15H,7-8H2,1-2H3,(H,14,16)/b6-4+. The van der Waals surface area contributed by atoms with Crippen molar-refractivity contribution in [3.8, 4) is 0 Å². The van der Waals surface area contributed by atoms with Crippen LogP contribution in [0.4, 0.5) is 0 Å². The lowest BCUT2D eigenvalue weighted by atomic mass is 9.95. The first-order valence-electron chi connectivity index (χ1n) is 5.25. The largest absolute Gasteiger partial charge is 0.396 e. The molecule has 0 aromatic carbocycles. The monoisotopic (exact) mass is 317 g/mol. The molecule has 1 heterocycles. The highest BCUT2D eigenvalue weighted by atomic mass is 79.9. The highest BCUT2D eigenvalue weighted by Gasteiger charge is 2.16. The Kier molecular flexibility index (Phi) is 5.36. The summed E-state index contributed by atoms with van der Waals surface area (Å²) in [5.74, 6) is -0.143. The average Bonchev–Trinajstić information content (AvgIpc) is 2.70. The first-order valence-corrected chi connectivity index (χ1v) is 6.86. The second-order valence-corrected chi connectivity index (χ2v) is 7.01. The van der Waals surface area contributed by atoms with Crippen molar-refractivity contribution in [2.24, 2.45) is 5.41 Å². The number of aliphatic hydroxyl groups is 1. The first kappa shape index (κ1) is 14.4. The molecule has 5 heteroatoms. The molecular weight excluding hydrogens is 302 g/mol. The zero-order valence-electron chi connectivity index (χ0n) is 9.87. The van der Waals surface area contributed by atoms with Gasteiger partial charge in [0.05, 0.1) is 3.79 Å². The van der Waals surface area contributed by atoms with Crippen LogP contribution in [0.3, 0.4) is 0 Å². The summed E-state index contributed by atoms with van der Waals surface area (Å²) >= 11 is 4.93. The van der Waals surface area contributed by atoms with E-state index in [1.165, 1.54) is 6.08 Å². The number of carbonyl (C=O) groups excluding carboxylic acids is 1. The van der Waals surface area contributed by atoms with Crippen LogP contribution in [0.15, 0.2) is 22.0 Å². The zero-order chi connectivity index (χ0) is 12.9. The Morgan fingerprint density at radius 3 is 2.82 bits per heavy atom. The van der Waals surface area contributed by atoms with E-state index in [-0.39, 0.29) is 17.9 Å². The lowest BCUT2D eigenvalue weighted by molar-refractivity contribution is -0.116. The smallest absolute Gasteiger partial charge is 0.244 e. The van der Waals surface area contributed by atoms with E-state index in [0.29, 0.717) is 6.54 Å². The van der Waals surface area contributed by atoms with E-state index in [1.807, 2.05) is 26.0 Å². The number of hydrogen-bond donors (Lipinski definition) is 2. The van der Waals surface area contributed by atoms with E-state index in [2.05, 4.69) is 21.2 Å². The Bertz CT molecular complexity index is 412. The molecule has 2 N–H and O–H groups in total. The van der Waals surface area contributed by atoms with Crippen LogP contribution in [0, 0.1) is 5.41 Å². The summed E-state index contributed by atoms with van der Waals surface area (Å²) in [4.78, 5) is 12.5. The molecule has 0 unspecified atom stereocenters. The molecule has 0 saturated carbocycles. The van der Waals surface area contributed by atoms with Gasteiger partial charge in [0.25, 0.3) is 0 Å². The molecule has 0 atom stereocenters. The Hall–Kier alpha value is -0.650. The molecule has 0 radical (unpaired) electrons. The maximum atomic E-state index is 11.5. The molecule has 1 aromatic rings. The fraction of sp³-hybridized carbons (Fsp3) is 0.417. The third-order valence-electron chi connectivity index (χ3n) is 2.16. The molecular formula is C12H16BrNO2S. The van der Waals surface area contributed by atoms with Crippen LogP contribution in [0.1, 0.15) is 18.7 Å². The summed E-state index contributed by atoms with van der Waals surface area (Å²) in [6.45, 7) is 4.30. The average molecular weight is 318 g/mol. The molecule has 0 aliphatic rings. The maximum Gasteiger partial charge on any atom is 0.244 e. The van der Waals surface area contributed by atoms with Crippen LogP contribution < -0.4 is 5.32 Å². The molecule has 1 rings (SSSR count). The van der Waals surface area contributed by atoms with Gasteiger partial charge in [0, 0.05) is 29.5 Å². The minimum absolute atomic E-state index is 0.0505. The Balaban J connectivity index is 2.42. The minimum Gasteiger partial charge on any atom is -0.396 e. The predicted octanol–water partition coefficient (Wildman–Crippen LogP) is 2.66. The number of rotatable bonds is 5. The SMILES string of the molecule is CC(C)(CO)CNC(=O)/C=C/c1ccc(Br)s1. The molecule has 0 fully saturated rings. The number of nitrogens with one attached hydrogen (secondary N) is 1. The van der Waals surface area contributed by atoms with Gasteiger partial charge in [-0.1, -0.05) is 13.8 Å². The van der Waals surface area contributed by atoms with Gasteiger partial charge >= 0.3 is 0 Å². The number of thiophene rings is 1. The zero-order valence-corrected chi connectivity index (χ0v) is 12.3. The van der Waals surface area contributed by atoms with Crippen molar-refractivity contribution in [3.63, 3.8) is 0 Å². The van der Waals surface area contributed by atoms with Gasteiger partial charge in [0.1, 0.15) is 0 Å². The van der Waals surface area contributed by atoms with Crippen LogP contribution in [-0.4, -0.2) is 24.2 Å². The lowest BCUT2D eigenvalue weighted by Crippen LogP contribution is -2.35. The van der Waals surface area contributed by atoms with Gasteiger partial charge in [-0.05, 0) is 34.1 Å². The van der Waals surface area contributed by atoms with Crippen molar-refractivity contribution in [2.75, 3.05) is 13.2 Å². The van der Waals surface area contributed by atoms with Crippen LogP contribution in [-0.2, 0) is 4.79 Å². The van der Waals surface area contributed by atoms with Crippen molar-refractivity contribution in [3.05, 3.63) is 26.9 Å². The topological polar surface area (TPSA) is 49.3 Å². The van der Waals surface area contributed by atoms with E-state index >= 15 is 0 Å². The highest BCUT2D eigenvalue weighted by Crippen LogP contribution is 2.22. The normalized spacial score (nSPS) is 12.0. The van der Waals surface area contributed by atoms with Crippen molar-refractivity contribution < 1.29 is 9.90 Å². The summed E-state index contributed by atoms with van der Waals surface area (Å²) in [7, 11) is 0. The summed E-state index contributed by atoms with van der Waals surface area (Å²) in [5, 5.41) is 11.8. The van der Waals surface area contributed by atoms with Crippen molar-refractivity contribution >= 4 is 39.2 Å². The molecule has 17 heavy (non-hydrogen) atoms. The number of aliphatic hydroxyl groups excluding tert-OH is 1. The van der Waals surface area contributed by atoms with E-state index in [9.17, 15) is 4.79 Å². The second kappa shape index (κ2) is 6.33. The van der Waals surface area contributed by atoms with E-state index in [0.717, 1.165) is 8.66 Å². The predicted molar refractivity (Wildman–Crippen MR) is 74.9 cm³/mol. The summed E-state index contributed by atoms with van der Waals surface area (Å²) in [6.07, 6.45) is 3.28. The number of halogens is 1. The Labute approximate surface area is 114 Å². The Morgan fingerprint density at radius 1 is 1.59 bits per heavy atom. The molecule has 0 saturated heterocycles. The van der Waals surface area contributed by atoms with Crippen molar-refractivity contribution in [2.45, 2.75) is 13.8 Å². The van der Waals surface area contributed by atoms with Gasteiger partial charge in [-0.25, -0.2) is 0 Å². The maximum absolute atomic E-state index is 11.5. The van der Waals surface area contributed by atoms with Crippen LogP contribution in [0.25, 0.3) is 6.08 Å². The van der Waals surface area contributed by atoms with E-state index in [4.69, 9.17) is 5.11 Å². The fourth-order valence-corrected chi connectivity index (χ4v) is 2.34. The van der Waals surface area contributed by atoms with Gasteiger partial charge < -0.3 is 10.4 Å². The van der Waals surface area contributed by atoms with E-state index < -0.39 is 0 Å². The van der Waals surface area contributed by atoms with Gasteiger partial charge in [-0.3, -0.25) is 4.79 Å². The molecule has 0 aliphatic heterocycles. The van der Waals surface area contributed by atoms with Gasteiger partial charge in [0.2, 0.25) is 5.91 Å². The van der Waals surface area contributed by atoms with Crippen LogP contribution in [0.2, 0.25) is 0 Å². The minimum atomic E-state index is -0.282. The van der Waals surface area contributed by atoms with Crippen molar-refractivity contribution in [1.29, 1.82) is 0 Å². The second-order valence-electron chi connectivity index (χ2n) is 4.52. The van der Waals surface area contributed by atoms with Crippen LogP contribution >= 0.6 is 27.3 Å². The van der Waals surface area contributed by atoms with Crippen molar-refractivity contribution in [1.82, 2.24) is 5.32 Å². The van der Waals surface area contributed by atoms with E-state index in [1.54, 1.807) is 17.4 Å². The molecule has 1 amide bonds. The number of hydrogen-bond acceptors (Lipinski definition) is 3. The summed E-state index contributed by atoms with van der Waals surface area (Å²) in [5.41, 5.74) is -0.282. The number of carbonyl (C=O) groups is 1. The quantitative estimate of drug-likeness (QED) is 0.820. The lowest BCUT2D eigenvalue weighted by Gasteiger charge is -2.21. The molecule has 94 valence electrons. The molecule has 0 bridgehead atoms. The Morgan fingerprint density at radius 2 is 2.29 bits per heavy atom. The molecule has 0 aliphatic carbocycles. The molecule has 3 nitrogen and oxygen atoms in total. The summed E-state index contributed by atoms with van der Waals surface area (Å²) in [6, 6.07) is 3.88. The fourth-order valence-electron chi connectivity index (χ4n) is 1.02. The summed E-state index contributed by atoms with van der Waals surface area (Å²) < 4.78 is 1.04. The van der Waals surface area contributed by atoms with Gasteiger partial charge in [-0.2, -0.15) is 0 Å². The third kappa shape index (κ3) is 5.48.